The molecule has 1 aromatic carbocycles. The fourth-order valence-corrected chi connectivity index (χ4v) is 1.81. The van der Waals surface area contributed by atoms with Gasteiger partial charge in [0, 0.05) is 12.5 Å². The highest BCUT2D eigenvalue weighted by Crippen LogP contribution is 2.16. The highest BCUT2D eigenvalue weighted by atomic mass is 79.9. The van der Waals surface area contributed by atoms with Gasteiger partial charge in [0.15, 0.2) is 0 Å². The molecule has 0 N–H and O–H groups in total. The second kappa shape index (κ2) is 5.77. The summed E-state index contributed by atoms with van der Waals surface area (Å²) in [5.74, 6) is 1.38. The highest BCUT2D eigenvalue weighted by Gasteiger charge is 2.02. The molecule has 2 rings (SSSR count). The molecule has 0 aliphatic heterocycles. The molecule has 0 radical (unpaired) electrons. The number of rotatable bonds is 4. The van der Waals surface area contributed by atoms with Crippen LogP contribution in [0.3, 0.4) is 0 Å². The molecule has 2 aromatic rings. The van der Waals surface area contributed by atoms with Crippen LogP contribution in [0.1, 0.15) is 18.3 Å². The minimum Gasteiger partial charge on any atom is -0.473 e. The Morgan fingerprint density at radius 1 is 1.18 bits per heavy atom. The molecule has 0 saturated heterocycles. The molecule has 1 heterocycles. The quantitative estimate of drug-likeness (QED) is 0.811. The van der Waals surface area contributed by atoms with Crippen LogP contribution in [0.2, 0.25) is 0 Å². The maximum atomic E-state index is 5.63. The molecule has 0 fully saturated rings. The van der Waals surface area contributed by atoms with Crippen LogP contribution in [0.25, 0.3) is 0 Å². The molecule has 17 heavy (non-hydrogen) atoms. The molecule has 0 bridgehead atoms. The van der Waals surface area contributed by atoms with Gasteiger partial charge < -0.3 is 4.74 Å². The third-order valence-electron chi connectivity index (χ3n) is 2.26. The van der Waals surface area contributed by atoms with E-state index in [9.17, 15) is 0 Å². The lowest BCUT2D eigenvalue weighted by atomic mass is 10.2. The number of halogens is 1. The number of hydrogen-bond acceptors (Lipinski definition) is 3. The van der Waals surface area contributed by atoms with Gasteiger partial charge >= 0.3 is 0 Å². The third kappa shape index (κ3) is 3.53. The van der Waals surface area contributed by atoms with Gasteiger partial charge in [-0.1, -0.05) is 37.3 Å². The summed E-state index contributed by atoms with van der Waals surface area (Å²) in [6, 6.07) is 11.8. The fourth-order valence-electron chi connectivity index (χ4n) is 1.41. The average molecular weight is 293 g/mol. The summed E-state index contributed by atoms with van der Waals surface area (Å²) >= 11 is 3.35. The number of nitrogens with zero attached hydrogens (tertiary/aromatic N) is 2. The van der Waals surface area contributed by atoms with E-state index in [2.05, 4.69) is 25.9 Å². The first-order valence-electron chi connectivity index (χ1n) is 5.48. The van der Waals surface area contributed by atoms with Crippen molar-refractivity contribution in [2.24, 2.45) is 0 Å². The van der Waals surface area contributed by atoms with Crippen molar-refractivity contribution in [3.05, 3.63) is 52.4 Å². The van der Waals surface area contributed by atoms with E-state index in [0.717, 1.165) is 22.4 Å². The summed E-state index contributed by atoms with van der Waals surface area (Å²) in [6.07, 6.45) is 0.793. The average Bonchev–Trinajstić information content (AvgIpc) is 2.37. The number of aromatic nitrogens is 2. The Kier molecular flexibility index (Phi) is 4.09. The molecule has 88 valence electrons. The molecule has 0 aliphatic carbocycles. The van der Waals surface area contributed by atoms with Crippen LogP contribution in [0.5, 0.6) is 5.88 Å². The Morgan fingerprint density at radius 2 is 1.94 bits per heavy atom. The van der Waals surface area contributed by atoms with Crippen molar-refractivity contribution in [3.8, 4) is 5.88 Å². The molecular formula is C13H13BrN2O. The highest BCUT2D eigenvalue weighted by molar-refractivity contribution is 9.10. The van der Waals surface area contributed by atoms with Gasteiger partial charge in [-0.05, 0) is 21.5 Å². The van der Waals surface area contributed by atoms with Crippen LogP contribution in [0.15, 0.2) is 41.0 Å². The molecule has 3 nitrogen and oxygen atoms in total. The van der Waals surface area contributed by atoms with E-state index in [4.69, 9.17) is 4.74 Å². The van der Waals surface area contributed by atoms with Crippen molar-refractivity contribution in [1.82, 2.24) is 9.97 Å². The molecule has 0 atom stereocenters. The Bertz CT molecular complexity index is 488. The van der Waals surface area contributed by atoms with Crippen LogP contribution in [0, 0.1) is 0 Å². The van der Waals surface area contributed by atoms with Crippen LogP contribution in [-0.4, -0.2) is 9.97 Å². The van der Waals surface area contributed by atoms with E-state index >= 15 is 0 Å². The lowest BCUT2D eigenvalue weighted by molar-refractivity contribution is 0.292. The van der Waals surface area contributed by atoms with E-state index in [1.165, 1.54) is 0 Å². The topological polar surface area (TPSA) is 35.0 Å². The van der Waals surface area contributed by atoms with Crippen molar-refractivity contribution in [3.63, 3.8) is 0 Å². The zero-order valence-electron chi connectivity index (χ0n) is 9.56. The molecule has 0 unspecified atom stereocenters. The van der Waals surface area contributed by atoms with E-state index in [0.29, 0.717) is 12.5 Å². The monoisotopic (exact) mass is 292 g/mol. The Morgan fingerprint density at radius 3 is 2.65 bits per heavy atom. The minimum absolute atomic E-state index is 0.521. The second-order valence-electron chi connectivity index (χ2n) is 3.57. The zero-order valence-corrected chi connectivity index (χ0v) is 11.1. The lowest BCUT2D eigenvalue weighted by Crippen LogP contribution is -2.00. The normalized spacial score (nSPS) is 10.2. The summed E-state index contributed by atoms with van der Waals surface area (Å²) in [5.41, 5.74) is 1.13. The Hall–Kier alpha value is -1.42. The molecular weight excluding hydrogens is 280 g/mol. The lowest BCUT2D eigenvalue weighted by Gasteiger charge is -2.06. The number of benzene rings is 1. The SMILES string of the molecule is CCc1nc(Br)cc(OCc2ccccc2)n1. The Labute approximate surface area is 109 Å². The molecule has 0 saturated carbocycles. The van der Waals surface area contributed by atoms with Gasteiger partial charge in [0.05, 0.1) is 0 Å². The van der Waals surface area contributed by atoms with Crippen LogP contribution in [0.4, 0.5) is 0 Å². The van der Waals surface area contributed by atoms with Gasteiger partial charge in [0.25, 0.3) is 0 Å². The van der Waals surface area contributed by atoms with Gasteiger partial charge in [-0.3, -0.25) is 0 Å². The predicted molar refractivity (Wildman–Crippen MR) is 69.9 cm³/mol. The van der Waals surface area contributed by atoms with Crippen LogP contribution < -0.4 is 4.74 Å². The zero-order chi connectivity index (χ0) is 12.1. The summed E-state index contributed by atoms with van der Waals surface area (Å²) in [7, 11) is 0. The predicted octanol–water partition coefficient (Wildman–Crippen LogP) is 3.38. The van der Waals surface area contributed by atoms with Crippen molar-refractivity contribution >= 4 is 15.9 Å². The molecule has 0 spiro atoms. The van der Waals surface area contributed by atoms with Crippen molar-refractivity contribution in [2.75, 3.05) is 0 Å². The first-order chi connectivity index (χ1) is 8.28. The van der Waals surface area contributed by atoms with E-state index in [-0.39, 0.29) is 0 Å². The molecule has 4 heteroatoms. The van der Waals surface area contributed by atoms with Gasteiger partial charge in [0.1, 0.15) is 17.0 Å². The number of ether oxygens (including phenoxy) is 1. The maximum Gasteiger partial charge on any atom is 0.218 e. The summed E-state index contributed by atoms with van der Waals surface area (Å²) in [6.45, 7) is 2.54. The summed E-state index contributed by atoms with van der Waals surface area (Å²) in [4.78, 5) is 8.54. The van der Waals surface area contributed by atoms with E-state index in [1.807, 2.05) is 37.3 Å². The van der Waals surface area contributed by atoms with Gasteiger partial charge in [0.2, 0.25) is 5.88 Å². The van der Waals surface area contributed by atoms with Gasteiger partial charge in [-0.15, -0.1) is 0 Å². The van der Waals surface area contributed by atoms with E-state index in [1.54, 1.807) is 6.07 Å². The van der Waals surface area contributed by atoms with Crippen molar-refractivity contribution < 1.29 is 4.74 Å². The molecule has 0 amide bonds. The largest absolute Gasteiger partial charge is 0.473 e. The third-order valence-corrected chi connectivity index (χ3v) is 2.67. The van der Waals surface area contributed by atoms with E-state index < -0.39 is 0 Å². The fraction of sp³-hybridized carbons (Fsp3) is 0.231. The summed E-state index contributed by atoms with van der Waals surface area (Å²) in [5, 5.41) is 0. The van der Waals surface area contributed by atoms with Crippen LogP contribution >= 0.6 is 15.9 Å². The smallest absolute Gasteiger partial charge is 0.218 e. The van der Waals surface area contributed by atoms with Crippen molar-refractivity contribution in [1.29, 1.82) is 0 Å². The maximum absolute atomic E-state index is 5.63. The summed E-state index contributed by atoms with van der Waals surface area (Å²) < 4.78 is 6.39. The van der Waals surface area contributed by atoms with Crippen LogP contribution in [-0.2, 0) is 13.0 Å². The Balaban J connectivity index is 2.06. The van der Waals surface area contributed by atoms with Crippen molar-refractivity contribution in [2.45, 2.75) is 20.0 Å². The minimum atomic E-state index is 0.521. The standard InChI is InChI=1S/C13H13BrN2O/c1-2-12-15-11(14)8-13(16-12)17-9-10-6-4-3-5-7-10/h3-8H,2,9H2,1H3. The number of aryl methyl sites for hydroxylation is 1. The van der Waals surface area contributed by atoms with Gasteiger partial charge in [-0.2, -0.15) is 4.98 Å². The molecule has 0 aliphatic rings. The first kappa shape index (κ1) is 12.0. The second-order valence-corrected chi connectivity index (χ2v) is 4.39. The molecule has 1 aromatic heterocycles. The first-order valence-corrected chi connectivity index (χ1v) is 6.27. The van der Waals surface area contributed by atoms with Gasteiger partial charge in [-0.25, -0.2) is 4.98 Å². The number of hydrogen-bond donors (Lipinski definition) is 0.